The summed E-state index contributed by atoms with van der Waals surface area (Å²) in [5.41, 5.74) is 4.61. The molecule has 3 aliphatic carbocycles. The van der Waals surface area contributed by atoms with E-state index in [4.69, 9.17) is 49.5 Å². The van der Waals surface area contributed by atoms with Gasteiger partial charge in [0.05, 0.1) is 75.7 Å². The van der Waals surface area contributed by atoms with Crippen molar-refractivity contribution in [1.29, 1.82) is 0 Å². The zero-order chi connectivity index (χ0) is 62.6. The van der Waals surface area contributed by atoms with Gasteiger partial charge in [-0.15, -0.1) is 0 Å². The molecule has 4 aliphatic heterocycles. The van der Waals surface area contributed by atoms with Crippen molar-refractivity contribution in [2.24, 2.45) is 23.0 Å². The van der Waals surface area contributed by atoms with Gasteiger partial charge in [0.25, 0.3) is 5.91 Å². The second-order valence-corrected chi connectivity index (χ2v) is 26.2. The number of carboxylic acids is 1. The molecule has 7 aliphatic rings. The molecule has 6 fully saturated rings. The highest BCUT2D eigenvalue weighted by molar-refractivity contribution is 6.45. The third kappa shape index (κ3) is 14.0. The van der Waals surface area contributed by atoms with Crippen LogP contribution in [0.2, 0.25) is 12.6 Å². The van der Waals surface area contributed by atoms with Crippen LogP contribution in [0.3, 0.4) is 0 Å². The van der Waals surface area contributed by atoms with Gasteiger partial charge in [0.1, 0.15) is 63.4 Å². The summed E-state index contributed by atoms with van der Waals surface area (Å²) in [6.45, 7) is 22.9. The molecule has 27 heteroatoms. The van der Waals surface area contributed by atoms with Crippen LogP contribution in [0.15, 0.2) is 49.3 Å². The van der Waals surface area contributed by atoms with Crippen molar-refractivity contribution in [2.45, 2.75) is 174 Å². The van der Waals surface area contributed by atoms with E-state index in [2.05, 4.69) is 46.0 Å². The molecule has 2 bridgehead atoms. The molecular weight excluding hydrogens is 1100 g/mol. The number of aromatic amines is 2. The summed E-state index contributed by atoms with van der Waals surface area (Å²) in [4.78, 5) is 94.2. The minimum Gasteiger partial charge on any atom is -0.535 e. The van der Waals surface area contributed by atoms with Gasteiger partial charge in [0.2, 0.25) is 5.91 Å². The average Bonchev–Trinajstić information content (AvgIpc) is 1.34. The van der Waals surface area contributed by atoms with Gasteiger partial charge in [0.15, 0.2) is 11.8 Å². The Kier molecular flexibility index (Phi) is 17.0. The lowest BCUT2D eigenvalue weighted by Gasteiger charge is -2.64. The largest absolute Gasteiger partial charge is 0.535 e. The van der Waals surface area contributed by atoms with Crippen LogP contribution in [0, 0.1) is 17.3 Å². The van der Waals surface area contributed by atoms with Crippen LogP contribution in [0.1, 0.15) is 153 Å². The van der Waals surface area contributed by atoms with E-state index >= 15 is 0 Å². The lowest BCUT2D eigenvalue weighted by molar-refractivity contribution is -0.199. The number of fused-ring (bicyclic) bond motifs is 1. The second-order valence-electron chi connectivity index (χ2n) is 26.2. The number of alkyl carbamates (subject to hydrolysis) is 1. The number of aryl methyl sites for hydroxylation is 2. The third-order valence-electron chi connectivity index (χ3n) is 16.0. The van der Waals surface area contributed by atoms with Crippen LogP contribution in [-0.2, 0) is 46.0 Å². The summed E-state index contributed by atoms with van der Waals surface area (Å²) in [6, 6.07) is 3.56. The number of likely N-dealkylation sites (tertiary alicyclic amines) is 2. The van der Waals surface area contributed by atoms with Crippen molar-refractivity contribution in [3.8, 4) is 23.0 Å². The highest BCUT2D eigenvalue weighted by Gasteiger charge is 2.67. The molecule has 11 rings (SSSR count). The Morgan fingerprint density at radius 1 is 0.824 bits per heavy atom. The Morgan fingerprint density at radius 3 is 1.99 bits per heavy atom. The van der Waals surface area contributed by atoms with E-state index in [1.165, 1.54) is 34.8 Å². The molecule has 4 aromatic rings. The molecule has 0 radical (unpaired) electrons. The van der Waals surface area contributed by atoms with E-state index in [1.807, 2.05) is 0 Å². The number of hydrogen-bond acceptors (Lipinski definition) is 19. The van der Waals surface area contributed by atoms with E-state index in [0.29, 0.717) is 54.1 Å². The first-order valence-electron chi connectivity index (χ1n) is 29.1. The first-order chi connectivity index (χ1) is 40.1. The Balaban J connectivity index is 0.000000254. The number of imidazole rings is 2. The number of benzene rings is 2. The molecule has 3 amide bonds. The fraction of sp³-hybridized carbons (Fsp3) is 0.586. The number of aromatic carboxylic acids is 1. The van der Waals surface area contributed by atoms with Crippen LogP contribution in [-0.4, -0.2) is 157 Å². The van der Waals surface area contributed by atoms with Crippen LogP contribution in [0.4, 0.5) is 9.59 Å². The Bertz CT molecular complexity index is 3190. The molecule has 85 heavy (non-hydrogen) atoms. The van der Waals surface area contributed by atoms with Gasteiger partial charge < -0.3 is 83.3 Å². The lowest BCUT2D eigenvalue weighted by atomic mass is 9.43. The normalized spacial score (nSPS) is 22.8. The van der Waals surface area contributed by atoms with E-state index in [-0.39, 0.29) is 83.1 Å². The standard InChI is InChI=1S/C41H59BN4O11.C17H19BN4O6/c1-37(2,3)53-34(48)30-27(51-25-20-46(21-25)33(47)31(26-19-43-22-44-26)45-35(49)54-38(4,5)6)14-13-23(32(30)52-36(50)55-39(7,8)9)15-16-42-56-29-18-24-17-28(40(24,10)11)41(29,12)57-42;19-14(11-5-20-8-21-11)16(23)22-6-10(7-22)27-12-2-1-9-3-4-18(26)28-15(9)13(12)17(24)25/h13-14,19,22,24-25,28-29,31H,15-18,20-21H2,1-12H3,(H,43,44)(H,45,49);1-2,5,8,10,14,26H,3-4,6-7,19H2,(H,20,21)(H,24,25)/t24-,28-,29+,31?,41-;/m0./s1/i;14D. The number of amides is 3. The van der Waals surface area contributed by atoms with Gasteiger partial charge >= 0.3 is 38.4 Å². The molecule has 7 N–H and O–H groups in total. The van der Waals surface area contributed by atoms with Crippen molar-refractivity contribution in [1.82, 2.24) is 35.1 Å². The number of ether oxygens (including phenoxy) is 6. The van der Waals surface area contributed by atoms with Crippen molar-refractivity contribution in [2.75, 3.05) is 26.2 Å². The zero-order valence-electron chi connectivity index (χ0n) is 51.2. The molecular formula is C58H78B2N8O17. The number of rotatable bonds is 15. The first-order valence-corrected chi connectivity index (χ1v) is 28.6. The Morgan fingerprint density at radius 2 is 1.41 bits per heavy atom. The van der Waals surface area contributed by atoms with E-state index in [1.54, 1.807) is 86.6 Å². The number of esters is 1. The van der Waals surface area contributed by atoms with Gasteiger partial charge in [0, 0.05) is 0 Å². The summed E-state index contributed by atoms with van der Waals surface area (Å²) < 4.78 is 61.4. The third-order valence-corrected chi connectivity index (χ3v) is 16.0. The maximum absolute atomic E-state index is 14.1. The van der Waals surface area contributed by atoms with Gasteiger partial charge in [-0.1, -0.05) is 26.0 Å². The van der Waals surface area contributed by atoms with Crippen LogP contribution in [0.25, 0.3) is 0 Å². The maximum Gasteiger partial charge on any atom is 0.522 e. The van der Waals surface area contributed by atoms with E-state index < -0.39 is 91.3 Å². The van der Waals surface area contributed by atoms with Crippen molar-refractivity contribution >= 4 is 50.2 Å². The number of nitrogens with zero attached hydrogens (tertiary/aromatic N) is 4. The van der Waals surface area contributed by atoms with Gasteiger partial charge in [-0.3, -0.25) is 9.59 Å². The molecule has 458 valence electrons. The Labute approximate surface area is 495 Å². The van der Waals surface area contributed by atoms with Gasteiger partial charge in [-0.05, 0) is 148 Å². The fourth-order valence-corrected chi connectivity index (χ4v) is 11.7. The predicted octanol–water partition coefficient (Wildman–Crippen LogP) is 6.62. The number of carbonyl (C=O) groups is 6. The van der Waals surface area contributed by atoms with Crippen LogP contribution in [0.5, 0.6) is 23.0 Å². The fourth-order valence-electron chi connectivity index (χ4n) is 11.7. The summed E-state index contributed by atoms with van der Waals surface area (Å²) >= 11 is 0. The average molecular weight is 1180 g/mol. The van der Waals surface area contributed by atoms with E-state index in [9.17, 15) is 38.9 Å². The maximum atomic E-state index is 14.1. The Hall–Kier alpha value is -7.35. The van der Waals surface area contributed by atoms with Crippen molar-refractivity contribution in [3.05, 3.63) is 83.0 Å². The molecule has 0 spiro atoms. The monoisotopic (exact) mass is 1180 g/mol. The predicted molar refractivity (Wildman–Crippen MR) is 306 cm³/mol. The van der Waals surface area contributed by atoms with Gasteiger partial charge in [-0.2, -0.15) is 0 Å². The minimum absolute atomic E-state index is 0.00152. The molecule has 3 saturated carbocycles. The number of nitrogens with one attached hydrogen (secondary N) is 3. The quantitative estimate of drug-likeness (QED) is 0.0315. The molecule has 2 aromatic heterocycles. The summed E-state index contributed by atoms with van der Waals surface area (Å²) in [5, 5.41) is 21.9. The SMILES string of the molecule is CC(C)(C)OC(=O)NC(C(=O)N1CC(Oc2ccc(CCB3O[C@@H]4C[C@@H]5C[C@@H](C5(C)C)[C@]4(C)O3)c(OC(=O)OC(C)(C)C)c2C(=O)OC(C)(C)C)C1)c1cnc[nH]1.[2H]C(N)(C(=O)N1CC(Oc2ccc3c(c2C(=O)O)OB(O)CC3)C1)c1cnc[nH]1. The van der Waals surface area contributed by atoms with E-state index in [0.717, 1.165) is 12.8 Å². The number of nitrogens with two attached hydrogens (primary N) is 1. The minimum atomic E-state index is -2.00. The van der Waals surface area contributed by atoms with Crippen molar-refractivity contribution in [3.63, 3.8) is 0 Å². The number of aromatic nitrogens is 4. The van der Waals surface area contributed by atoms with Crippen LogP contribution < -0.4 is 29.9 Å². The summed E-state index contributed by atoms with van der Waals surface area (Å²) in [6.07, 6.45) is 6.50. The van der Waals surface area contributed by atoms with Gasteiger partial charge in [-0.25, -0.2) is 29.1 Å². The van der Waals surface area contributed by atoms with Crippen LogP contribution >= 0.6 is 0 Å². The number of carboxylic acid groups (broad SMARTS) is 1. The number of H-pyrrole nitrogens is 2. The van der Waals surface area contributed by atoms with Crippen molar-refractivity contribution < 1.29 is 82.7 Å². The summed E-state index contributed by atoms with van der Waals surface area (Å²) in [5.74, 6) is -1.76. The number of hydrogen-bond donors (Lipinski definition) is 6. The lowest BCUT2D eigenvalue weighted by Crippen LogP contribution is -2.65. The molecule has 6 atom stereocenters. The smallest absolute Gasteiger partial charge is 0.522 e. The summed E-state index contributed by atoms with van der Waals surface area (Å²) in [7, 11) is -1.55. The highest BCUT2D eigenvalue weighted by Crippen LogP contribution is 2.66. The molecule has 25 nitrogen and oxygen atoms in total. The second kappa shape index (κ2) is 23.8. The molecule has 2 aromatic carbocycles. The first kappa shape index (κ1) is 60.8. The molecule has 2 unspecified atom stereocenters. The molecule has 3 saturated heterocycles. The molecule has 6 heterocycles. The number of carbonyl (C=O) groups excluding carboxylic acids is 5. The zero-order valence-corrected chi connectivity index (χ0v) is 50.2. The topological polar surface area (TPSA) is 328 Å². The highest BCUT2D eigenvalue weighted by atomic mass is 16.7.